The Morgan fingerprint density at radius 2 is 1.78 bits per heavy atom. The van der Waals surface area contributed by atoms with Gasteiger partial charge in [-0.2, -0.15) is 4.68 Å². The third-order valence-electron chi connectivity index (χ3n) is 4.37. The van der Waals surface area contributed by atoms with Gasteiger partial charge >= 0.3 is 0 Å². The highest BCUT2D eigenvalue weighted by Crippen LogP contribution is 2.25. The van der Waals surface area contributed by atoms with E-state index >= 15 is 0 Å². The Labute approximate surface area is 160 Å². The highest BCUT2D eigenvalue weighted by atomic mass is 32.2. The van der Waals surface area contributed by atoms with Crippen molar-refractivity contribution in [3.63, 3.8) is 0 Å². The number of rotatable bonds is 4. The molecule has 3 heterocycles. The fourth-order valence-corrected chi connectivity index (χ4v) is 3.89. The van der Waals surface area contributed by atoms with Crippen LogP contribution in [0.4, 0.5) is 0 Å². The quantitative estimate of drug-likeness (QED) is 0.508. The van der Waals surface area contributed by atoms with Gasteiger partial charge in [-0.1, -0.05) is 36.0 Å². The molecule has 0 bridgehead atoms. The van der Waals surface area contributed by atoms with Gasteiger partial charge in [-0.05, 0) is 54.5 Å². The Hall–Kier alpha value is -3.00. The molecule has 0 fully saturated rings. The summed E-state index contributed by atoms with van der Waals surface area (Å²) in [5, 5.41) is 12.8. The number of aryl methyl sites for hydroxylation is 3. The summed E-state index contributed by atoms with van der Waals surface area (Å²) in [6, 6.07) is 13.3. The summed E-state index contributed by atoms with van der Waals surface area (Å²) < 4.78 is 3.35. The predicted octanol–water partition coefficient (Wildman–Crippen LogP) is 2.89. The summed E-state index contributed by atoms with van der Waals surface area (Å²) in [5.41, 5.74) is 5.31. The molecule has 0 unspecified atom stereocenters. The number of para-hydroxylation sites is 1. The molecule has 3 aromatic heterocycles. The van der Waals surface area contributed by atoms with Crippen molar-refractivity contribution >= 4 is 17.4 Å². The second-order valence-corrected chi connectivity index (χ2v) is 7.29. The molecule has 136 valence electrons. The topological polar surface area (TPSA) is 78.0 Å². The van der Waals surface area contributed by atoms with Crippen LogP contribution in [-0.2, 0) is 5.75 Å². The Morgan fingerprint density at radius 3 is 2.56 bits per heavy atom. The molecule has 0 radical (unpaired) electrons. The molecular weight excluding hydrogens is 360 g/mol. The fraction of sp³-hybridized carbons (Fsp3) is 0.211. The van der Waals surface area contributed by atoms with Gasteiger partial charge in [0.05, 0.1) is 11.4 Å². The first-order valence-electron chi connectivity index (χ1n) is 8.50. The predicted molar refractivity (Wildman–Crippen MR) is 104 cm³/mol. The van der Waals surface area contributed by atoms with E-state index in [2.05, 4.69) is 20.5 Å². The second kappa shape index (κ2) is 6.96. The number of hydrogen-bond donors (Lipinski definition) is 0. The fourth-order valence-electron chi connectivity index (χ4n) is 3.13. The van der Waals surface area contributed by atoms with Crippen molar-refractivity contribution in [2.24, 2.45) is 0 Å². The number of hydrogen-bond acceptors (Lipinski definition) is 6. The molecule has 1 aromatic carbocycles. The zero-order chi connectivity index (χ0) is 19.0. The maximum absolute atomic E-state index is 12.4. The minimum Gasteiger partial charge on any atom is -0.269 e. The van der Waals surface area contributed by atoms with Crippen LogP contribution in [0, 0.1) is 20.8 Å². The van der Waals surface area contributed by atoms with Crippen LogP contribution < -0.4 is 5.56 Å². The van der Waals surface area contributed by atoms with E-state index in [9.17, 15) is 4.79 Å². The first-order chi connectivity index (χ1) is 13.0. The minimum atomic E-state index is -0.0805. The number of tetrazole rings is 1. The van der Waals surface area contributed by atoms with Gasteiger partial charge in [-0.15, -0.1) is 5.10 Å². The third kappa shape index (κ3) is 3.23. The SMILES string of the molecule is Cc1cccc(C)c1-n1nnnc1SCc1cc(=O)n2c(C)cccc2n1. The summed E-state index contributed by atoms with van der Waals surface area (Å²) in [6.45, 7) is 5.96. The first kappa shape index (κ1) is 17.4. The van der Waals surface area contributed by atoms with Crippen molar-refractivity contribution in [1.82, 2.24) is 29.6 Å². The Morgan fingerprint density at radius 1 is 1.04 bits per heavy atom. The molecular formula is C19H18N6OS. The van der Waals surface area contributed by atoms with E-state index in [0.29, 0.717) is 22.3 Å². The van der Waals surface area contributed by atoms with Crippen molar-refractivity contribution in [3.05, 3.63) is 75.3 Å². The molecule has 0 aliphatic carbocycles. The van der Waals surface area contributed by atoms with Crippen LogP contribution in [-0.4, -0.2) is 29.6 Å². The first-order valence-corrected chi connectivity index (χ1v) is 9.49. The monoisotopic (exact) mass is 378 g/mol. The lowest BCUT2D eigenvalue weighted by molar-refractivity contribution is 0.747. The average molecular weight is 378 g/mol. The number of fused-ring (bicyclic) bond motifs is 1. The number of nitrogens with zero attached hydrogens (tertiary/aromatic N) is 6. The normalized spacial score (nSPS) is 11.2. The van der Waals surface area contributed by atoms with Gasteiger partial charge in [-0.25, -0.2) is 4.98 Å². The van der Waals surface area contributed by atoms with Crippen molar-refractivity contribution in [3.8, 4) is 5.69 Å². The van der Waals surface area contributed by atoms with Gasteiger partial charge < -0.3 is 0 Å². The van der Waals surface area contributed by atoms with Crippen LogP contribution in [0.2, 0.25) is 0 Å². The number of thioether (sulfide) groups is 1. The van der Waals surface area contributed by atoms with Crippen LogP contribution in [0.25, 0.3) is 11.3 Å². The van der Waals surface area contributed by atoms with E-state index in [-0.39, 0.29) is 5.56 Å². The van der Waals surface area contributed by atoms with Gasteiger partial charge in [0.2, 0.25) is 5.16 Å². The van der Waals surface area contributed by atoms with Crippen molar-refractivity contribution in [1.29, 1.82) is 0 Å². The standard InChI is InChI=1S/C19H18N6OS/c1-12-6-4-7-13(2)18(12)25-19(21-22-23-25)27-11-15-10-17(26)24-14(3)8-5-9-16(24)20-15/h4-10H,11H2,1-3H3. The van der Waals surface area contributed by atoms with Crippen molar-refractivity contribution in [2.75, 3.05) is 0 Å². The summed E-state index contributed by atoms with van der Waals surface area (Å²) in [4.78, 5) is 17.0. The maximum Gasteiger partial charge on any atom is 0.258 e. The maximum atomic E-state index is 12.4. The zero-order valence-corrected chi connectivity index (χ0v) is 16.1. The van der Waals surface area contributed by atoms with Crippen LogP contribution in [0.5, 0.6) is 0 Å². The van der Waals surface area contributed by atoms with Gasteiger partial charge in [0, 0.05) is 17.5 Å². The van der Waals surface area contributed by atoms with E-state index < -0.39 is 0 Å². The highest BCUT2D eigenvalue weighted by Gasteiger charge is 2.14. The minimum absolute atomic E-state index is 0.0805. The zero-order valence-electron chi connectivity index (χ0n) is 15.2. The largest absolute Gasteiger partial charge is 0.269 e. The summed E-state index contributed by atoms with van der Waals surface area (Å²) in [7, 11) is 0. The molecule has 0 saturated heterocycles. The van der Waals surface area contributed by atoms with Crippen LogP contribution in [0.3, 0.4) is 0 Å². The molecule has 0 N–H and O–H groups in total. The summed E-state index contributed by atoms with van der Waals surface area (Å²) in [6.07, 6.45) is 0. The van der Waals surface area contributed by atoms with E-state index in [1.165, 1.54) is 11.8 Å². The van der Waals surface area contributed by atoms with Gasteiger partial charge in [0.25, 0.3) is 5.56 Å². The van der Waals surface area contributed by atoms with Crippen molar-refractivity contribution in [2.45, 2.75) is 31.7 Å². The lowest BCUT2D eigenvalue weighted by Gasteiger charge is -2.10. The molecule has 8 heteroatoms. The summed E-state index contributed by atoms with van der Waals surface area (Å²) in [5.74, 6) is 0.505. The second-order valence-electron chi connectivity index (χ2n) is 6.35. The van der Waals surface area contributed by atoms with E-state index in [4.69, 9.17) is 0 Å². The Bertz CT molecular complexity index is 1180. The molecule has 7 nitrogen and oxygen atoms in total. The van der Waals surface area contributed by atoms with Crippen LogP contribution in [0.1, 0.15) is 22.5 Å². The van der Waals surface area contributed by atoms with E-state index in [1.54, 1.807) is 15.1 Å². The molecule has 4 aromatic rings. The van der Waals surface area contributed by atoms with E-state index in [0.717, 1.165) is 22.5 Å². The number of aromatic nitrogens is 6. The molecule has 0 aliphatic heterocycles. The molecule has 0 amide bonds. The lowest BCUT2D eigenvalue weighted by Crippen LogP contribution is -2.17. The van der Waals surface area contributed by atoms with Crippen LogP contribution >= 0.6 is 11.8 Å². The molecule has 0 saturated carbocycles. The smallest absolute Gasteiger partial charge is 0.258 e. The lowest BCUT2D eigenvalue weighted by atomic mass is 10.1. The molecule has 0 spiro atoms. The molecule has 0 atom stereocenters. The Balaban J connectivity index is 1.65. The highest BCUT2D eigenvalue weighted by molar-refractivity contribution is 7.98. The van der Waals surface area contributed by atoms with Gasteiger partial charge in [0.15, 0.2) is 0 Å². The molecule has 4 rings (SSSR count). The van der Waals surface area contributed by atoms with Crippen LogP contribution in [0.15, 0.2) is 52.4 Å². The Kier molecular flexibility index (Phi) is 4.49. The number of benzene rings is 1. The van der Waals surface area contributed by atoms with Crippen molar-refractivity contribution < 1.29 is 0 Å². The molecule has 0 aliphatic rings. The summed E-state index contributed by atoms with van der Waals surface area (Å²) >= 11 is 1.46. The molecule has 27 heavy (non-hydrogen) atoms. The van der Waals surface area contributed by atoms with Gasteiger partial charge in [-0.3, -0.25) is 9.20 Å². The van der Waals surface area contributed by atoms with E-state index in [1.807, 2.05) is 57.2 Å². The average Bonchev–Trinajstić information content (AvgIpc) is 3.08. The third-order valence-corrected chi connectivity index (χ3v) is 5.33. The van der Waals surface area contributed by atoms with Gasteiger partial charge in [0.1, 0.15) is 5.65 Å². The number of pyridine rings is 1.